The number of aryl methyl sites for hydroxylation is 2. The van der Waals surface area contributed by atoms with E-state index in [0.29, 0.717) is 43.0 Å². The summed E-state index contributed by atoms with van der Waals surface area (Å²) in [6.45, 7) is 4.47. The van der Waals surface area contributed by atoms with Crippen molar-refractivity contribution in [1.82, 2.24) is 9.78 Å². The third-order valence-corrected chi connectivity index (χ3v) is 4.24. The smallest absolute Gasteiger partial charge is 0.224 e. The van der Waals surface area contributed by atoms with Crippen molar-refractivity contribution in [2.24, 2.45) is 0 Å². The van der Waals surface area contributed by atoms with E-state index in [1.54, 1.807) is 32.4 Å². The van der Waals surface area contributed by atoms with E-state index in [2.05, 4.69) is 16.5 Å². The first-order chi connectivity index (χ1) is 12.5. The van der Waals surface area contributed by atoms with Crippen molar-refractivity contribution >= 4 is 11.6 Å². The number of nitriles is 1. The summed E-state index contributed by atoms with van der Waals surface area (Å²) in [5.41, 5.74) is 3.63. The maximum Gasteiger partial charge on any atom is 0.224 e. The van der Waals surface area contributed by atoms with E-state index < -0.39 is 0 Å². The second-order valence-corrected chi connectivity index (χ2v) is 5.90. The number of aromatic nitrogens is 2. The zero-order chi connectivity index (χ0) is 19.1. The van der Waals surface area contributed by atoms with E-state index in [1.807, 2.05) is 18.5 Å². The molecule has 2 rings (SSSR count). The van der Waals surface area contributed by atoms with E-state index in [9.17, 15) is 4.79 Å². The van der Waals surface area contributed by atoms with E-state index in [4.69, 9.17) is 14.7 Å². The van der Waals surface area contributed by atoms with E-state index in [-0.39, 0.29) is 5.91 Å². The van der Waals surface area contributed by atoms with Crippen LogP contribution >= 0.6 is 0 Å². The second kappa shape index (κ2) is 8.90. The van der Waals surface area contributed by atoms with Crippen LogP contribution in [-0.2, 0) is 17.8 Å². The quantitative estimate of drug-likeness (QED) is 0.785. The van der Waals surface area contributed by atoms with Gasteiger partial charge in [-0.25, -0.2) is 0 Å². The van der Waals surface area contributed by atoms with E-state index in [1.165, 1.54) is 0 Å². The summed E-state index contributed by atoms with van der Waals surface area (Å²) >= 11 is 0. The number of anilines is 1. The van der Waals surface area contributed by atoms with Crippen LogP contribution in [0, 0.1) is 25.2 Å². The highest BCUT2D eigenvalue weighted by Gasteiger charge is 2.13. The van der Waals surface area contributed by atoms with Crippen LogP contribution in [-0.4, -0.2) is 29.9 Å². The highest BCUT2D eigenvalue weighted by molar-refractivity contribution is 5.91. The second-order valence-electron chi connectivity index (χ2n) is 5.90. The number of methoxy groups -OCH3 is 2. The molecule has 26 heavy (non-hydrogen) atoms. The van der Waals surface area contributed by atoms with Gasteiger partial charge in [0.05, 0.1) is 38.9 Å². The minimum atomic E-state index is -0.0826. The molecule has 0 atom stereocenters. The molecule has 0 saturated heterocycles. The first-order valence-electron chi connectivity index (χ1n) is 8.41. The number of carbonyl (C=O) groups excluding carboxylic acids is 1. The number of hydrogen-bond acceptors (Lipinski definition) is 5. The topological polar surface area (TPSA) is 89.2 Å². The lowest BCUT2D eigenvalue weighted by Crippen LogP contribution is -2.13. The lowest BCUT2D eigenvalue weighted by molar-refractivity contribution is -0.116. The molecular weight excluding hydrogens is 332 g/mol. The summed E-state index contributed by atoms with van der Waals surface area (Å²) in [6, 6.07) is 7.38. The largest absolute Gasteiger partial charge is 0.493 e. The van der Waals surface area contributed by atoms with Crippen molar-refractivity contribution in [1.29, 1.82) is 5.26 Å². The summed E-state index contributed by atoms with van der Waals surface area (Å²) in [6.07, 6.45) is 1.37. The van der Waals surface area contributed by atoms with Gasteiger partial charge in [0.25, 0.3) is 0 Å². The van der Waals surface area contributed by atoms with Crippen LogP contribution in [0.25, 0.3) is 0 Å². The molecule has 0 saturated carbocycles. The predicted molar refractivity (Wildman–Crippen MR) is 98.4 cm³/mol. The molecule has 0 radical (unpaired) electrons. The average Bonchev–Trinajstić information content (AvgIpc) is 2.91. The van der Waals surface area contributed by atoms with E-state index in [0.717, 1.165) is 17.0 Å². The lowest BCUT2D eigenvalue weighted by atomic mass is 10.1. The molecule has 0 unspecified atom stereocenters. The Hall–Kier alpha value is -3.01. The number of amides is 1. The Morgan fingerprint density at radius 3 is 2.65 bits per heavy atom. The Bertz CT molecular complexity index is 821. The molecule has 0 spiro atoms. The van der Waals surface area contributed by atoms with Gasteiger partial charge in [-0.2, -0.15) is 10.4 Å². The van der Waals surface area contributed by atoms with Gasteiger partial charge in [-0.3, -0.25) is 9.48 Å². The van der Waals surface area contributed by atoms with Crippen molar-refractivity contribution in [3.63, 3.8) is 0 Å². The van der Waals surface area contributed by atoms with Crippen molar-refractivity contribution in [2.75, 3.05) is 19.5 Å². The molecule has 1 aromatic heterocycles. The van der Waals surface area contributed by atoms with Gasteiger partial charge in [0.2, 0.25) is 5.91 Å². The molecule has 0 aliphatic rings. The van der Waals surface area contributed by atoms with Gasteiger partial charge in [-0.1, -0.05) is 0 Å². The van der Waals surface area contributed by atoms with Crippen molar-refractivity contribution in [2.45, 2.75) is 39.7 Å². The minimum Gasteiger partial charge on any atom is -0.493 e. The Kier molecular flexibility index (Phi) is 6.61. The van der Waals surface area contributed by atoms with Gasteiger partial charge in [0.1, 0.15) is 0 Å². The maximum absolute atomic E-state index is 12.3. The Morgan fingerprint density at radius 2 is 2.00 bits per heavy atom. The molecule has 1 N–H and O–H groups in total. The van der Waals surface area contributed by atoms with Crippen LogP contribution in [0.4, 0.5) is 5.69 Å². The minimum absolute atomic E-state index is 0.0826. The van der Waals surface area contributed by atoms with E-state index >= 15 is 0 Å². The zero-order valence-corrected chi connectivity index (χ0v) is 15.6. The van der Waals surface area contributed by atoms with Crippen molar-refractivity contribution in [3.8, 4) is 17.6 Å². The van der Waals surface area contributed by atoms with Crippen LogP contribution in [0.5, 0.6) is 11.5 Å². The van der Waals surface area contributed by atoms with Crippen LogP contribution in [0.15, 0.2) is 18.2 Å². The molecule has 2 aromatic rings. The highest BCUT2D eigenvalue weighted by Crippen LogP contribution is 2.29. The van der Waals surface area contributed by atoms with Gasteiger partial charge in [-0.15, -0.1) is 0 Å². The van der Waals surface area contributed by atoms with Crippen LogP contribution in [0.2, 0.25) is 0 Å². The number of nitrogens with one attached hydrogen (secondary N) is 1. The average molecular weight is 356 g/mol. The molecular formula is C19H24N4O3. The SMILES string of the molecule is COc1ccc(NC(=O)CCc2c(C)nn(CCC#N)c2C)cc1OC. The normalized spacial score (nSPS) is 10.3. The Labute approximate surface area is 153 Å². The number of carbonyl (C=O) groups is 1. The monoisotopic (exact) mass is 356 g/mol. The number of hydrogen-bond donors (Lipinski definition) is 1. The summed E-state index contributed by atoms with van der Waals surface area (Å²) < 4.78 is 12.3. The zero-order valence-electron chi connectivity index (χ0n) is 15.6. The third kappa shape index (κ3) is 4.54. The molecule has 0 fully saturated rings. The molecule has 0 bridgehead atoms. The summed E-state index contributed by atoms with van der Waals surface area (Å²) in [5.74, 6) is 1.10. The Morgan fingerprint density at radius 1 is 1.27 bits per heavy atom. The predicted octanol–water partition coefficient (Wildman–Crippen LogP) is 3.00. The first kappa shape index (κ1) is 19.3. The lowest BCUT2D eigenvalue weighted by Gasteiger charge is -2.10. The van der Waals surface area contributed by atoms with Crippen molar-refractivity contribution in [3.05, 3.63) is 35.2 Å². The standard InChI is InChI=1S/C19H24N4O3/c1-13-16(14(2)23(22-13)11-5-10-20)7-9-19(24)21-15-6-8-17(25-3)18(12-15)26-4/h6,8,12H,5,7,9,11H2,1-4H3,(H,21,24). The molecule has 138 valence electrons. The molecule has 0 aliphatic heterocycles. The van der Waals surface area contributed by atoms with Crippen LogP contribution in [0.1, 0.15) is 29.8 Å². The maximum atomic E-state index is 12.3. The summed E-state index contributed by atoms with van der Waals surface area (Å²) in [5, 5.41) is 16.0. The van der Waals surface area contributed by atoms with Gasteiger partial charge in [0, 0.05) is 23.9 Å². The summed E-state index contributed by atoms with van der Waals surface area (Å²) in [4.78, 5) is 12.3. The molecule has 7 nitrogen and oxygen atoms in total. The molecule has 7 heteroatoms. The molecule has 0 aliphatic carbocycles. The van der Waals surface area contributed by atoms with Crippen LogP contribution < -0.4 is 14.8 Å². The van der Waals surface area contributed by atoms with Gasteiger partial charge >= 0.3 is 0 Å². The number of ether oxygens (including phenoxy) is 2. The third-order valence-electron chi connectivity index (χ3n) is 4.24. The van der Waals surface area contributed by atoms with Gasteiger partial charge in [0.15, 0.2) is 11.5 Å². The molecule has 1 amide bonds. The fourth-order valence-electron chi connectivity index (χ4n) is 2.85. The van der Waals surface area contributed by atoms with Gasteiger partial charge in [-0.05, 0) is 38.0 Å². The fourth-order valence-corrected chi connectivity index (χ4v) is 2.85. The summed E-state index contributed by atoms with van der Waals surface area (Å²) in [7, 11) is 3.12. The number of rotatable bonds is 8. The van der Waals surface area contributed by atoms with Crippen LogP contribution in [0.3, 0.4) is 0 Å². The van der Waals surface area contributed by atoms with Crippen molar-refractivity contribution < 1.29 is 14.3 Å². The fraction of sp³-hybridized carbons (Fsp3) is 0.421. The number of nitrogens with zero attached hydrogens (tertiary/aromatic N) is 3. The number of benzene rings is 1. The van der Waals surface area contributed by atoms with Gasteiger partial charge < -0.3 is 14.8 Å². The molecule has 1 heterocycles. The first-order valence-corrected chi connectivity index (χ1v) is 8.41. The molecule has 1 aromatic carbocycles. The highest BCUT2D eigenvalue weighted by atomic mass is 16.5. The Balaban J connectivity index is 1.99.